The third-order valence-electron chi connectivity index (χ3n) is 3.62. The van der Waals surface area contributed by atoms with Gasteiger partial charge < -0.3 is 10.0 Å². The Balaban J connectivity index is 2.08. The molecule has 104 valence electrons. The van der Waals surface area contributed by atoms with E-state index >= 15 is 0 Å². The van der Waals surface area contributed by atoms with Crippen LogP contribution in [0.2, 0.25) is 0 Å². The fourth-order valence-electron chi connectivity index (χ4n) is 2.57. The second-order valence-corrected chi connectivity index (χ2v) is 5.16. The van der Waals surface area contributed by atoms with Crippen LogP contribution in [0.5, 0.6) is 0 Å². The van der Waals surface area contributed by atoms with Gasteiger partial charge in [-0.05, 0) is 33.3 Å². The molecule has 0 saturated carbocycles. The second-order valence-electron chi connectivity index (χ2n) is 5.16. The lowest BCUT2D eigenvalue weighted by atomic mass is 10.1. The summed E-state index contributed by atoms with van der Waals surface area (Å²) in [4.78, 5) is 24.9. The number of hydrogen-bond donors (Lipinski definition) is 1. The highest BCUT2D eigenvalue weighted by molar-refractivity contribution is 5.81. The molecule has 0 spiro atoms. The van der Waals surface area contributed by atoms with E-state index in [1.807, 2.05) is 19.9 Å². The Hall–Kier alpha value is -1.85. The van der Waals surface area contributed by atoms with Gasteiger partial charge >= 0.3 is 5.97 Å². The fourth-order valence-corrected chi connectivity index (χ4v) is 2.57. The summed E-state index contributed by atoms with van der Waals surface area (Å²) in [6.45, 7) is 6.41. The van der Waals surface area contributed by atoms with Crippen LogP contribution in [0.25, 0.3) is 0 Å². The standard InChI is InChI=1S/C13H19N3O3/c1-8-6-9(2)16(14-8)10(3)12(17)15-5-4-11(7-15)13(18)19/h6,10-11H,4-5,7H2,1-3H3,(H,18,19)/t10-,11+/m0/s1. The second kappa shape index (κ2) is 5.03. The van der Waals surface area contributed by atoms with E-state index in [9.17, 15) is 9.59 Å². The molecule has 1 aromatic heterocycles. The lowest BCUT2D eigenvalue weighted by molar-refractivity contribution is -0.141. The number of rotatable bonds is 3. The average Bonchev–Trinajstić information content (AvgIpc) is 2.94. The number of aliphatic carboxylic acids is 1. The van der Waals surface area contributed by atoms with Crippen LogP contribution < -0.4 is 0 Å². The van der Waals surface area contributed by atoms with Crippen molar-refractivity contribution in [1.82, 2.24) is 14.7 Å². The maximum atomic E-state index is 12.3. The number of hydrogen-bond acceptors (Lipinski definition) is 3. The lowest BCUT2D eigenvalue weighted by Crippen LogP contribution is -2.36. The third-order valence-corrected chi connectivity index (χ3v) is 3.62. The fraction of sp³-hybridized carbons (Fsp3) is 0.615. The molecule has 6 heteroatoms. The van der Waals surface area contributed by atoms with Gasteiger partial charge in [-0.15, -0.1) is 0 Å². The molecule has 0 aliphatic carbocycles. The van der Waals surface area contributed by atoms with Gasteiger partial charge in [0.25, 0.3) is 0 Å². The molecule has 1 aliphatic heterocycles. The summed E-state index contributed by atoms with van der Waals surface area (Å²) in [5, 5.41) is 13.3. The van der Waals surface area contributed by atoms with E-state index in [4.69, 9.17) is 5.11 Å². The van der Waals surface area contributed by atoms with Gasteiger partial charge in [0.1, 0.15) is 6.04 Å². The highest BCUT2D eigenvalue weighted by Gasteiger charge is 2.33. The van der Waals surface area contributed by atoms with E-state index in [1.165, 1.54) is 0 Å². The maximum absolute atomic E-state index is 12.3. The first-order valence-electron chi connectivity index (χ1n) is 6.44. The molecule has 0 aromatic carbocycles. The molecule has 1 aromatic rings. The Kier molecular flexibility index (Phi) is 3.59. The minimum absolute atomic E-state index is 0.0602. The monoisotopic (exact) mass is 265 g/mol. The summed E-state index contributed by atoms with van der Waals surface area (Å²) >= 11 is 0. The molecule has 1 aliphatic rings. The van der Waals surface area contributed by atoms with E-state index in [-0.39, 0.29) is 11.9 Å². The van der Waals surface area contributed by atoms with Crippen molar-refractivity contribution in [3.8, 4) is 0 Å². The van der Waals surface area contributed by atoms with Crippen LogP contribution in [0.4, 0.5) is 0 Å². The molecule has 2 atom stereocenters. The van der Waals surface area contributed by atoms with Gasteiger partial charge in [-0.2, -0.15) is 5.10 Å². The van der Waals surface area contributed by atoms with Crippen molar-refractivity contribution < 1.29 is 14.7 Å². The van der Waals surface area contributed by atoms with Crippen molar-refractivity contribution >= 4 is 11.9 Å². The number of amides is 1. The van der Waals surface area contributed by atoms with Gasteiger partial charge in [-0.25, -0.2) is 0 Å². The van der Waals surface area contributed by atoms with Crippen LogP contribution in [-0.2, 0) is 9.59 Å². The van der Waals surface area contributed by atoms with Gasteiger partial charge in [0.05, 0.1) is 11.6 Å². The quantitative estimate of drug-likeness (QED) is 0.884. The van der Waals surface area contributed by atoms with Crippen molar-refractivity contribution in [1.29, 1.82) is 0 Å². The van der Waals surface area contributed by atoms with Crippen LogP contribution in [0.3, 0.4) is 0 Å². The zero-order valence-corrected chi connectivity index (χ0v) is 11.5. The lowest BCUT2D eigenvalue weighted by Gasteiger charge is -2.21. The number of carboxylic acid groups (broad SMARTS) is 1. The number of aromatic nitrogens is 2. The Morgan fingerprint density at radius 2 is 2.16 bits per heavy atom. The summed E-state index contributed by atoms with van der Waals surface area (Å²) in [6.07, 6.45) is 0.533. The van der Waals surface area contributed by atoms with Crippen LogP contribution >= 0.6 is 0 Å². The molecular weight excluding hydrogens is 246 g/mol. The topological polar surface area (TPSA) is 75.4 Å². The molecule has 0 radical (unpaired) electrons. The summed E-state index contributed by atoms with van der Waals surface area (Å²) in [5.74, 6) is -1.32. The van der Waals surface area contributed by atoms with Crippen LogP contribution in [0.1, 0.15) is 30.8 Å². The van der Waals surface area contributed by atoms with Crippen molar-refractivity contribution in [2.24, 2.45) is 5.92 Å². The molecule has 19 heavy (non-hydrogen) atoms. The van der Waals surface area contributed by atoms with Gasteiger partial charge in [0.2, 0.25) is 5.91 Å². The molecule has 2 heterocycles. The summed E-state index contributed by atoms with van der Waals surface area (Å²) < 4.78 is 1.70. The predicted molar refractivity (Wildman–Crippen MR) is 68.7 cm³/mol. The number of likely N-dealkylation sites (tertiary alicyclic amines) is 1. The number of carbonyl (C=O) groups excluding carboxylic acids is 1. The molecule has 0 unspecified atom stereocenters. The first kappa shape index (κ1) is 13.6. The van der Waals surface area contributed by atoms with Gasteiger partial charge in [-0.3, -0.25) is 14.3 Å². The normalized spacial score (nSPS) is 20.6. The smallest absolute Gasteiger partial charge is 0.308 e. The molecule has 6 nitrogen and oxygen atoms in total. The Morgan fingerprint density at radius 1 is 1.47 bits per heavy atom. The number of nitrogens with zero attached hydrogens (tertiary/aromatic N) is 3. The van der Waals surface area contributed by atoms with Crippen molar-refractivity contribution in [3.05, 3.63) is 17.5 Å². The Labute approximate surface area is 112 Å². The molecule has 2 rings (SSSR count). The number of carbonyl (C=O) groups is 2. The zero-order chi connectivity index (χ0) is 14.2. The van der Waals surface area contributed by atoms with Crippen molar-refractivity contribution in [2.45, 2.75) is 33.2 Å². The SMILES string of the molecule is Cc1cc(C)n([C@@H](C)C(=O)N2CC[C@@H](C(=O)O)C2)n1. The zero-order valence-electron chi connectivity index (χ0n) is 11.5. The number of carboxylic acids is 1. The van der Waals surface area contributed by atoms with Crippen LogP contribution in [0.15, 0.2) is 6.07 Å². The van der Waals surface area contributed by atoms with Gasteiger partial charge in [-0.1, -0.05) is 0 Å². The summed E-state index contributed by atoms with van der Waals surface area (Å²) in [5.41, 5.74) is 1.81. The summed E-state index contributed by atoms with van der Waals surface area (Å²) in [6, 6.07) is 1.54. The number of aryl methyl sites for hydroxylation is 2. The third kappa shape index (κ3) is 2.62. The minimum atomic E-state index is -0.825. The van der Waals surface area contributed by atoms with Gasteiger partial charge in [0, 0.05) is 18.8 Å². The first-order chi connectivity index (χ1) is 8.90. The maximum Gasteiger partial charge on any atom is 0.308 e. The van der Waals surface area contributed by atoms with E-state index in [0.29, 0.717) is 19.5 Å². The van der Waals surface area contributed by atoms with Crippen molar-refractivity contribution in [2.75, 3.05) is 13.1 Å². The molecule has 1 fully saturated rings. The van der Waals surface area contributed by atoms with Gasteiger partial charge in [0.15, 0.2) is 0 Å². The summed E-state index contributed by atoms with van der Waals surface area (Å²) in [7, 11) is 0. The Morgan fingerprint density at radius 3 is 2.63 bits per heavy atom. The highest BCUT2D eigenvalue weighted by Crippen LogP contribution is 2.21. The first-order valence-corrected chi connectivity index (χ1v) is 6.44. The predicted octanol–water partition coefficient (Wildman–Crippen LogP) is 0.994. The molecule has 1 saturated heterocycles. The molecule has 1 amide bonds. The average molecular weight is 265 g/mol. The molecule has 0 bridgehead atoms. The van der Waals surface area contributed by atoms with E-state index in [0.717, 1.165) is 11.4 Å². The van der Waals surface area contributed by atoms with E-state index < -0.39 is 11.9 Å². The minimum Gasteiger partial charge on any atom is -0.481 e. The van der Waals surface area contributed by atoms with Crippen LogP contribution in [-0.4, -0.2) is 44.8 Å². The largest absolute Gasteiger partial charge is 0.481 e. The Bertz CT molecular complexity index is 509. The molecule has 1 N–H and O–H groups in total. The molecular formula is C13H19N3O3. The van der Waals surface area contributed by atoms with Crippen molar-refractivity contribution in [3.63, 3.8) is 0 Å². The van der Waals surface area contributed by atoms with E-state index in [1.54, 1.807) is 16.5 Å². The van der Waals surface area contributed by atoms with E-state index in [2.05, 4.69) is 5.10 Å². The highest BCUT2D eigenvalue weighted by atomic mass is 16.4. The van der Waals surface area contributed by atoms with Crippen LogP contribution in [0, 0.1) is 19.8 Å².